The summed E-state index contributed by atoms with van der Waals surface area (Å²) in [6.07, 6.45) is 0.521. The van der Waals surface area contributed by atoms with Gasteiger partial charge < -0.3 is 9.52 Å². The van der Waals surface area contributed by atoms with Crippen LogP contribution in [-0.4, -0.2) is 30.9 Å². The Morgan fingerprint density at radius 2 is 2.35 bits per heavy atom. The van der Waals surface area contributed by atoms with E-state index >= 15 is 0 Å². The first kappa shape index (κ1) is 11.6. The van der Waals surface area contributed by atoms with E-state index in [0.717, 1.165) is 0 Å². The van der Waals surface area contributed by atoms with Crippen LogP contribution in [0.15, 0.2) is 9.80 Å². The van der Waals surface area contributed by atoms with Crippen LogP contribution in [0.1, 0.15) is 19.2 Å². The number of carboxylic acid groups (broad SMARTS) is 1. The van der Waals surface area contributed by atoms with Crippen LogP contribution in [-0.2, 0) is 11.2 Å². The molecule has 0 aliphatic rings. The molecule has 2 heterocycles. The van der Waals surface area contributed by atoms with E-state index in [1.165, 1.54) is 11.5 Å². The van der Waals surface area contributed by atoms with Crippen LogP contribution in [0.25, 0.3) is 11.6 Å². The number of rotatable bonds is 5. The molecule has 1 unspecified atom stereocenters. The lowest BCUT2D eigenvalue weighted by atomic mass is 10.0. The van der Waals surface area contributed by atoms with Crippen LogP contribution in [0, 0.1) is 5.92 Å². The summed E-state index contributed by atoms with van der Waals surface area (Å²) in [7, 11) is 0. The Bertz CT molecular complexity index is 496. The highest BCUT2D eigenvalue weighted by Crippen LogP contribution is 2.18. The molecule has 0 bridgehead atoms. The third-order valence-electron chi connectivity index (χ3n) is 2.09. The van der Waals surface area contributed by atoms with E-state index in [9.17, 15) is 4.79 Å². The molecule has 1 atom stereocenters. The van der Waals surface area contributed by atoms with E-state index < -0.39 is 5.97 Å². The second kappa shape index (κ2) is 5.00. The molecule has 2 aromatic heterocycles. The highest BCUT2D eigenvalue weighted by Gasteiger charge is 2.15. The Balaban J connectivity index is 2.01. The molecular formula is C9H10N4O3S. The zero-order valence-corrected chi connectivity index (χ0v) is 9.85. The fourth-order valence-electron chi connectivity index (χ4n) is 1.37. The number of aromatic nitrogens is 4. The third-order valence-corrected chi connectivity index (χ3v) is 2.60. The zero-order chi connectivity index (χ0) is 12.3. The predicted octanol–water partition coefficient (Wildman–Crippen LogP) is 1.24. The van der Waals surface area contributed by atoms with Gasteiger partial charge in [-0.3, -0.25) is 4.79 Å². The summed E-state index contributed by atoms with van der Waals surface area (Å²) in [6.45, 7) is 1.82. The highest BCUT2D eigenvalue weighted by molar-refractivity contribution is 7.03. The van der Waals surface area contributed by atoms with Crippen molar-refractivity contribution in [2.45, 2.75) is 19.8 Å². The molecule has 0 saturated carbocycles. The first-order valence-corrected chi connectivity index (χ1v) is 5.80. The summed E-state index contributed by atoms with van der Waals surface area (Å²) in [5, 5.41) is 21.8. The van der Waals surface area contributed by atoms with Gasteiger partial charge in [0.05, 0.1) is 0 Å². The summed E-state index contributed by atoms with van der Waals surface area (Å²) in [5.74, 6) is -0.145. The monoisotopic (exact) mass is 254 g/mol. The van der Waals surface area contributed by atoms with Crippen LogP contribution < -0.4 is 0 Å². The Kier molecular flexibility index (Phi) is 3.43. The number of carboxylic acids is 1. The molecule has 0 aromatic carbocycles. The maximum absolute atomic E-state index is 10.5. The SMILES string of the molecule is CC(CC(=O)O)Cc1nnc(-c2csnn2)o1. The van der Waals surface area contributed by atoms with Gasteiger partial charge >= 0.3 is 5.97 Å². The summed E-state index contributed by atoms with van der Waals surface area (Å²) < 4.78 is 9.06. The van der Waals surface area contributed by atoms with Gasteiger partial charge in [-0.15, -0.1) is 15.3 Å². The Morgan fingerprint density at radius 1 is 1.53 bits per heavy atom. The summed E-state index contributed by atoms with van der Waals surface area (Å²) in [6, 6.07) is 0. The minimum absolute atomic E-state index is 0.0469. The van der Waals surface area contributed by atoms with E-state index in [2.05, 4.69) is 19.8 Å². The van der Waals surface area contributed by atoms with Crippen LogP contribution in [0.2, 0.25) is 0 Å². The lowest BCUT2D eigenvalue weighted by molar-refractivity contribution is -0.137. The Morgan fingerprint density at radius 3 is 3.00 bits per heavy atom. The normalized spacial score (nSPS) is 12.5. The van der Waals surface area contributed by atoms with Crippen molar-refractivity contribution >= 4 is 17.5 Å². The quantitative estimate of drug-likeness (QED) is 0.856. The van der Waals surface area contributed by atoms with Crippen LogP contribution in [0.4, 0.5) is 0 Å². The van der Waals surface area contributed by atoms with Crippen molar-refractivity contribution in [1.29, 1.82) is 0 Å². The Hall–Kier alpha value is -1.83. The topological polar surface area (TPSA) is 102 Å². The van der Waals surface area contributed by atoms with Gasteiger partial charge in [0, 0.05) is 18.2 Å². The molecule has 2 aromatic rings. The van der Waals surface area contributed by atoms with Crippen LogP contribution in [0.3, 0.4) is 0 Å². The minimum Gasteiger partial charge on any atom is -0.481 e. The molecule has 0 saturated heterocycles. The summed E-state index contributed by atoms with van der Waals surface area (Å²) in [5.41, 5.74) is 0.541. The van der Waals surface area contributed by atoms with Crippen LogP contribution >= 0.6 is 11.5 Å². The standard InChI is InChI=1S/C9H10N4O3S/c1-5(3-8(14)15)2-7-11-12-9(16-7)6-4-17-13-10-6/h4-5H,2-3H2,1H3,(H,14,15). The molecule has 0 aliphatic carbocycles. The molecular weight excluding hydrogens is 244 g/mol. The first-order chi connectivity index (χ1) is 8.15. The number of carbonyl (C=O) groups is 1. The maximum Gasteiger partial charge on any atom is 0.303 e. The van der Waals surface area contributed by atoms with Gasteiger partial charge in [-0.2, -0.15) is 0 Å². The molecule has 90 valence electrons. The second-order valence-corrected chi connectivity index (χ2v) is 4.31. The summed E-state index contributed by atoms with van der Waals surface area (Å²) >= 11 is 1.20. The predicted molar refractivity (Wildman–Crippen MR) is 58.3 cm³/mol. The van der Waals surface area contributed by atoms with Crippen molar-refractivity contribution < 1.29 is 14.3 Å². The van der Waals surface area contributed by atoms with Gasteiger partial charge in [-0.1, -0.05) is 11.4 Å². The smallest absolute Gasteiger partial charge is 0.303 e. The van der Waals surface area contributed by atoms with Gasteiger partial charge in [0.15, 0.2) is 5.69 Å². The molecule has 0 aliphatic heterocycles. The van der Waals surface area contributed by atoms with Crippen molar-refractivity contribution in [2.24, 2.45) is 5.92 Å². The first-order valence-electron chi connectivity index (χ1n) is 4.96. The highest BCUT2D eigenvalue weighted by atomic mass is 32.1. The number of hydrogen-bond acceptors (Lipinski definition) is 7. The largest absolute Gasteiger partial charge is 0.481 e. The third kappa shape index (κ3) is 3.06. The van der Waals surface area contributed by atoms with Crippen molar-refractivity contribution in [3.8, 4) is 11.6 Å². The molecule has 0 amide bonds. The van der Waals surface area contributed by atoms with Gasteiger partial charge in [0.2, 0.25) is 5.89 Å². The lowest BCUT2D eigenvalue weighted by Crippen LogP contribution is -2.07. The zero-order valence-electron chi connectivity index (χ0n) is 9.03. The van der Waals surface area contributed by atoms with Crippen molar-refractivity contribution in [2.75, 3.05) is 0 Å². The minimum atomic E-state index is -0.832. The average Bonchev–Trinajstić information content (AvgIpc) is 2.84. The number of nitrogens with zero attached hydrogens (tertiary/aromatic N) is 4. The van der Waals surface area contributed by atoms with E-state index in [0.29, 0.717) is 23.9 Å². The fraction of sp³-hybridized carbons (Fsp3) is 0.444. The molecule has 0 spiro atoms. The van der Waals surface area contributed by atoms with E-state index in [1.54, 1.807) is 5.38 Å². The fourth-order valence-corrected chi connectivity index (χ4v) is 1.80. The van der Waals surface area contributed by atoms with E-state index in [1.807, 2.05) is 6.92 Å². The van der Waals surface area contributed by atoms with E-state index in [4.69, 9.17) is 9.52 Å². The van der Waals surface area contributed by atoms with Gasteiger partial charge in [0.1, 0.15) is 0 Å². The molecule has 7 nitrogen and oxygen atoms in total. The van der Waals surface area contributed by atoms with Gasteiger partial charge in [-0.25, -0.2) is 0 Å². The van der Waals surface area contributed by atoms with Gasteiger partial charge in [0.25, 0.3) is 5.89 Å². The maximum atomic E-state index is 10.5. The molecule has 0 radical (unpaired) electrons. The number of aliphatic carboxylic acids is 1. The Labute approximate surface area is 101 Å². The van der Waals surface area contributed by atoms with Crippen molar-refractivity contribution in [1.82, 2.24) is 19.8 Å². The molecule has 0 fully saturated rings. The van der Waals surface area contributed by atoms with Gasteiger partial charge in [-0.05, 0) is 17.5 Å². The lowest BCUT2D eigenvalue weighted by Gasteiger charge is -2.03. The molecule has 1 N–H and O–H groups in total. The van der Waals surface area contributed by atoms with E-state index in [-0.39, 0.29) is 12.3 Å². The summed E-state index contributed by atoms with van der Waals surface area (Å²) in [4.78, 5) is 10.5. The molecule has 2 rings (SSSR count). The van der Waals surface area contributed by atoms with Crippen molar-refractivity contribution in [3.05, 3.63) is 11.3 Å². The molecule has 17 heavy (non-hydrogen) atoms. The number of hydrogen-bond donors (Lipinski definition) is 1. The van der Waals surface area contributed by atoms with Crippen molar-refractivity contribution in [3.63, 3.8) is 0 Å². The average molecular weight is 254 g/mol. The van der Waals surface area contributed by atoms with Crippen LogP contribution in [0.5, 0.6) is 0 Å². The second-order valence-electron chi connectivity index (χ2n) is 3.70. The molecule has 8 heteroatoms.